The van der Waals surface area contributed by atoms with E-state index in [9.17, 15) is 14.7 Å². The number of allylic oxidation sites excluding steroid dienone is 1. The molecule has 6 nitrogen and oxygen atoms in total. The summed E-state index contributed by atoms with van der Waals surface area (Å²) in [5.41, 5.74) is -0.141. The minimum Gasteiger partial charge on any atom is -0.507 e. The Hall–Kier alpha value is -2.81. The average molecular weight is 289 g/mol. The maximum atomic E-state index is 11.6. The first-order valence-electron chi connectivity index (χ1n) is 6.20. The van der Waals surface area contributed by atoms with E-state index in [2.05, 4.69) is 0 Å². The summed E-state index contributed by atoms with van der Waals surface area (Å²) < 4.78 is 4.92. The number of aromatic hydroxyl groups is 1. The van der Waals surface area contributed by atoms with Gasteiger partial charge in [0, 0.05) is 11.6 Å². The van der Waals surface area contributed by atoms with Crippen molar-refractivity contribution in [2.24, 2.45) is 5.92 Å². The number of phenols is 1. The normalized spacial score (nSPS) is 11.0. The molecule has 0 atom stereocenters. The zero-order valence-electron chi connectivity index (χ0n) is 11.7. The molecule has 0 saturated heterocycles. The second-order valence-electron chi connectivity index (χ2n) is 4.73. The van der Waals surface area contributed by atoms with Gasteiger partial charge in [-0.25, -0.2) is 9.59 Å². The van der Waals surface area contributed by atoms with E-state index in [0.29, 0.717) is 0 Å². The number of hydrogen-bond acceptors (Lipinski definition) is 5. The fourth-order valence-corrected chi connectivity index (χ4v) is 1.47. The Morgan fingerprint density at radius 3 is 2.57 bits per heavy atom. The lowest BCUT2D eigenvalue weighted by Crippen LogP contribution is -2.07. The van der Waals surface area contributed by atoms with Crippen molar-refractivity contribution in [1.29, 1.82) is 5.26 Å². The van der Waals surface area contributed by atoms with E-state index in [-0.39, 0.29) is 35.0 Å². The topological polar surface area (TPSA) is 108 Å². The summed E-state index contributed by atoms with van der Waals surface area (Å²) in [6, 6.07) is 5.30. The lowest BCUT2D eigenvalue weighted by atomic mass is 10.0. The molecule has 0 unspecified atom stereocenters. The number of carbonyl (C=O) groups is 2. The van der Waals surface area contributed by atoms with Gasteiger partial charge in [0.1, 0.15) is 11.8 Å². The number of nitrogens with zero attached hydrogens (tertiary/aromatic N) is 1. The number of rotatable bonds is 5. The van der Waals surface area contributed by atoms with Crippen LogP contribution in [0.3, 0.4) is 0 Å². The van der Waals surface area contributed by atoms with Crippen molar-refractivity contribution in [2.75, 3.05) is 6.61 Å². The fourth-order valence-electron chi connectivity index (χ4n) is 1.47. The maximum absolute atomic E-state index is 11.6. The lowest BCUT2D eigenvalue weighted by Gasteiger charge is -2.06. The third-order valence-electron chi connectivity index (χ3n) is 2.48. The summed E-state index contributed by atoms with van der Waals surface area (Å²) in [7, 11) is 0. The number of aromatic carboxylic acids is 1. The lowest BCUT2D eigenvalue weighted by molar-refractivity contribution is -0.138. The first-order chi connectivity index (χ1) is 9.85. The molecule has 1 rings (SSSR count). The number of carboxylic acids is 1. The van der Waals surface area contributed by atoms with Crippen molar-refractivity contribution in [1.82, 2.24) is 0 Å². The predicted octanol–water partition coefficient (Wildman–Crippen LogP) is 2.20. The Balaban J connectivity index is 3.03. The highest BCUT2D eigenvalue weighted by Crippen LogP contribution is 2.26. The minimum absolute atomic E-state index is 0.0731. The molecule has 110 valence electrons. The zero-order chi connectivity index (χ0) is 16.0. The molecular weight excluding hydrogens is 274 g/mol. The Morgan fingerprint density at radius 2 is 2.10 bits per heavy atom. The molecule has 0 aliphatic carbocycles. The van der Waals surface area contributed by atoms with Crippen LogP contribution in [0.1, 0.15) is 29.8 Å². The zero-order valence-corrected chi connectivity index (χ0v) is 11.7. The second kappa shape index (κ2) is 7.10. The first kappa shape index (κ1) is 16.2. The van der Waals surface area contributed by atoms with E-state index in [1.54, 1.807) is 6.07 Å². The Morgan fingerprint density at radius 1 is 1.43 bits per heavy atom. The molecule has 0 saturated carbocycles. The van der Waals surface area contributed by atoms with Crippen molar-refractivity contribution in [2.45, 2.75) is 13.8 Å². The number of carbonyl (C=O) groups excluding carboxylic acids is 1. The van der Waals surface area contributed by atoms with Crippen LogP contribution < -0.4 is 0 Å². The molecule has 1 aromatic carbocycles. The van der Waals surface area contributed by atoms with Crippen LogP contribution in [0.4, 0.5) is 0 Å². The molecule has 0 amide bonds. The van der Waals surface area contributed by atoms with Gasteiger partial charge >= 0.3 is 11.9 Å². The summed E-state index contributed by atoms with van der Waals surface area (Å²) in [4.78, 5) is 22.3. The van der Waals surface area contributed by atoms with Crippen LogP contribution in [0.15, 0.2) is 24.3 Å². The monoisotopic (exact) mass is 289 g/mol. The van der Waals surface area contributed by atoms with Gasteiger partial charge in [0.2, 0.25) is 0 Å². The summed E-state index contributed by atoms with van der Waals surface area (Å²) in [5, 5.41) is 27.6. The number of nitriles is 1. The molecular formula is C15H15NO5. The van der Waals surface area contributed by atoms with Gasteiger partial charge in [-0.15, -0.1) is 0 Å². The van der Waals surface area contributed by atoms with Gasteiger partial charge in [-0.3, -0.25) is 0 Å². The van der Waals surface area contributed by atoms with Gasteiger partial charge in [0.25, 0.3) is 0 Å². The molecule has 1 aromatic rings. The molecule has 0 bridgehead atoms. The van der Waals surface area contributed by atoms with Crippen molar-refractivity contribution in [3.8, 4) is 11.8 Å². The van der Waals surface area contributed by atoms with E-state index in [4.69, 9.17) is 15.1 Å². The molecule has 0 fully saturated rings. The third kappa shape index (κ3) is 4.66. The van der Waals surface area contributed by atoms with Crippen LogP contribution in [0.5, 0.6) is 5.75 Å². The Kier molecular flexibility index (Phi) is 5.49. The highest BCUT2D eigenvalue weighted by molar-refractivity contribution is 5.97. The molecule has 0 radical (unpaired) electrons. The van der Waals surface area contributed by atoms with Crippen LogP contribution in [0.2, 0.25) is 0 Å². The summed E-state index contributed by atoms with van der Waals surface area (Å²) in [6.45, 7) is 3.97. The molecule has 0 aliphatic heterocycles. The van der Waals surface area contributed by atoms with E-state index < -0.39 is 11.9 Å². The maximum Gasteiger partial charge on any atom is 0.335 e. The standard InChI is InChI=1S/C15H15NO5/c1-9(2)8-21-14(18)6-11(7-16)12-4-3-10(15(19)20)5-13(12)17/h3-6,9,17H,8H2,1-2H3,(H,19,20). The van der Waals surface area contributed by atoms with Crippen molar-refractivity contribution in [3.05, 3.63) is 35.4 Å². The quantitative estimate of drug-likeness (QED) is 0.488. The van der Waals surface area contributed by atoms with E-state index in [1.165, 1.54) is 12.1 Å². The number of esters is 1. The van der Waals surface area contributed by atoms with Crippen LogP contribution in [-0.4, -0.2) is 28.8 Å². The molecule has 0 heterocycles. The first-order valence-corrected chi connectivity index (χ1v) is 6.20. The van der Waals surface area contributed by atoms with Gasteiger partial charge < -0.3 is 14.9 Å². The van der Waals surface area contributed by atoms with E-state index >= 15 is 0 Å². The molecule has 0 spiro atoms. The Bertz CT molecular complexity index is 625. The average Bonchev–Trinajstić information content (AvgIpc) is 2.42. The smallest absolute Gasteiger partial charge is 0.335 e. The number of benzene rings is 1. The summed E-state index contributed by atoms with van der Waals surface area (Å²) in [5.74, 6) is -2.12. The predicted molar refractivity (Wildman–Crippen MR) is 74.5 cm³/mol. The highest BCUT2D eigenvalue weighted by Gasteiger charge is 2.13. The fraction of sp³-hybridized carbons (Fsp3) is 0.267. The highest BCUT2D eigenvalue weighted by atomic mass is 16.5. The molecule has 21 heavy (non-hydrogen) atoms. The van der Waals surface area contributed by atoms with Crippen LogP contribution >= 0.6 is 0 Å². The van der Waals surface area contributed by atoms with Crippen LogP contribution in [0, 0.1) is 17.2 Å². The number of ether oxygens (including phenoxy) is 1. The molecule has 0 aromatic heterocycles. The van der Waals surface area contributed by atoms with Crippen molar-refractivity contribution in [3.63, 3.8) is 0 Å². The molecule has 6 heteroatoms. The van der Waals surface area contributed by atoms with Gasteiger partial charge in [0.05, 0.1) is 17.7 Å². The SMILES string of the molecule is CC(C)COC(=O)C=C(C#N)c1ccc(C(=O)O)cc1O. The molecule has 2 N–H and O–H groups in total. The van der Waals surface area contributed by atoms with Crippen LogP contribution in [-0.2, 0) is 9.53 Å². The largest absolute Gasteiger partial charge is 0.507 e. The van der Waals surface area contributed by atoms with Crippen molar-refractivity contribution >= 4 is 17.5 Å². The van der Waals surface area contributed by atoms with Crippen LogP contribution in [0.25, 0.3) is 5.57 Å². The minimum atomic E-state index is -1.20. The summed E-state index contributed by atoms with van der Waals surface area (Å²) >= 11 is 0. The Labute approximate surface area is 121 Å². The number of carboxylic acid groups (broad SMARTS) is 1. The van der Waals surface area contributed by atoms with Gasteiger partial charge in [-0.2, -0.15) is 5.26 Å². The summed E-state index contributed by atoms with van der Waals surface area (Å²) in [6.07, 6.45) is 0.970. The van der Waals surface area contributed by atoms with E-state index in [0.717, 1.165) is 12.1 Å². The number of hydrogen-bond donors (Lipinski definition) is 2. The van der Waals surface area contributed by atoms with E-state index in [1.807, 2.05) is 13.8 Å². The second-order valence-corrected chi connectivity index (χ2v) is 4.73. The number of phenolic OH excluding ortho intramolecular Hbond substituents is 1. The third-order valence-corrected chi connectivity index (χ3v) is 2.48. The molecule has 0 aliphatic rings. The van der Waals surface area contributed by atoms with Gasteiger partial charge in [-0.1, -0.05) is 13.8 Å². The van der Waals surface area contributed by atoms with Crippen molar-refractivity contribution < 1.29 is 24.5 Å². The van der Waals surface area contributed by atoms with Gasteiger partial charge in [-0.05, 0) is 24.1 Å². The van der Waals surface area contributed by atoms with Gasteiger partial charge in [0.15, 0.2) is 0 Å².